The molecule has 2 aromatic heterocycles. The van der Waals surface area contributed by atoms with Crippen LogP contribution in [-0.2, 0) is 0 Å². The molecule has 3 nitrogen and oxygen atoms in total. The number of benzene rings is 1. The number of anilines is 1. The second-order valence-electron chi connectivity index (χ2n) is 5.20. The maximum absolute atomic E-state index is 4.07. The minimum atomic E-state index is 1.09. The summed E-state index contributed by atoms with van der Waals surface area (Å²) in [6.07, 6.45) is 9.95. The zero-order valence-electron chi connectivity index (χ0n) is 12.8. The summed E-state index contributed by atoms with van der Waals surface area (Å²) >= 11 is 0. The largest absolute Gasteiger partial charge is 0.284 e. The first kappa shape index (κ1) is 14.1. The van der Waals surface area contributed by atoms with Crippen molar-refractivity contribution in [2.45, 2.75) is 6.92 Å². The zero-order chi connectivity index (χ0) is 15.4. The number of aryl methyl sites for hydroxylation is 1. The Morgan fingerprint density at radius 1 is 0.955 bits per heavy atom. The van der Waals surface area contributed by atoms with Crippen LogP contribution < -0.4 is 5.01 Å². The molecular weight excluding hydrogens is 270 g/mol. The van der Waals surface area contributed by atoms with Gasteiger partial charge in [-0.2, -0.15) is 0 Å². The predicted octanol–water partition coefficient (Wildman–Crippen LogP) is 4.26. The van der Waals surface area contributed by atoms with E-state index in [0.717, 1.165) is 11.4 Å². The maximum atomic E-state index is 4.07. The molecule has 0 saturated carbocycles. The second kappa shape index (κ2) is 6.31. The molecule has 110 valence electrons. The van der Waals surface area contributed by atoms with Crippen molar-refractivity contribution < 1.29 is 0 Å². The Balaban J connectivity index is 1.88. The molecule has 3 aromatic rings. The molecule has 0 amide bonds. The van der Waals surface area contributed by atoms with E-state index in [0.29, 0.717) is 0 Å². The summed E-state index contributed by atoms with van der Waals surface area (Å²) in [5.74, 6) is 0. The highest BCUT2D eigenvalue weighted by Gasteiger charge is 2.05. The molecule has 0 fully saturated rings. The highest BCUT2D eigenvalue weighted by atomic mass is 15.5. The van der Waals surface area contributed by atoms with Crippen LogP contribution in [0.3, 0.4) is 0 Å². The standard InChI is InChI=1S/C19H19N3/c1-16-6-3-4-7-17(16)9-10-19-8-5-15-22(19)21(2)18-11-13-20-14-12-18/h3-15H,1-2H3/b10-9+. The fraction of sp³-hybridized carbons (Fsp3) is 0.105. The smallest absolute Gasteiger partial charge is 0.0626 e. The van der Waals surface area contributed by atoms with E-state index in [9.17, 15) is 0 Å². The van der Waals surface area contributed by atoms with Gasteiger partial charge in [0.1, 0.15) is 0 Å². The lowest BCUT2D eigenvalue weighted by Gasteiger charge is -2.22. The van der Waals surface area contributed by atoms with Crippen molar-refractivity contribution in [2.75, 3.05) is 12.1 Å². The summed E-state index contributed by atoms with van der Waals surface area (Å²) in [6.45, 7) is 2.13. The van der Waals surface area contributed by atoms with Crippen LogP contribution in [0.25, 0.3) is 12.2 Å². The van der Waals surface area contributed by atoms with Crippen LogP contribution in [0.4, 0.5) is 5.69 Å². The van der Waals surface area contributed by atoms with Gasteiger partial charge >= 0.3 is 0 Å². The Morgan fingerprint density at radius 3 is 2.50 bits per heavy atom. The molecule has 0 aliphatic heterocycles. The van der Waals surface area contributed by atoms with Gasteiger partial charge in [-0.15, -0.1) is 0 Å². The first-order valence-electron chi connectivity index (χ1n) is 7.31. The molecule has 0 saturated heterocycles. The van der Waals surface area contributed by atoms with Crippen LogP contribution in [0, 0.1) is 6.92 Å². The molecule has 0 radical (unpaired) electrons. The summed E-state index contributed by atoms with van der Waals surface area (Å²) in [6, 6.07) is 16.5. The van der Waals surface area contributed by atoms with Crippen molar-refractivity contribution in [3.63, 3.8) is 0 Å². The highest BCUT2D eigenvalue weighted by Crippen LogP contribution is 2.17. The van der Waals surface area contributed by atoms with Crippen LogP contribution >= 0.6 is 0 Å². The molecule has 3 heteroatoms. The van der Waals surface area contributed by atoms with Crippen molar-refractivity contribution in [3.05, 3.63) is 83.9 Å². The molecule has 3 rings (SSSR count). The average Bonchev–Trinajstić information content (AvgIpc) is 3.03. The summed E-state index contributed by atoms with van der Waals surface area (Å²) in [5, 5.41) is 2.10. The Bertz CT molecular complexity index is 772. The summed E-state index contributed by atoms with van der Waals surface area (Å²) < 4.78 is 2.12. The fourth-order valence-electron chi connectivity index (χ4n) is 2.42. The van der Waals surface area contributed by atoms with Crippen molar-refractivity contribution in [1.82, 2.24) is 9.66 Å². The maximum Gasteiger partial charge on any atom is 0.0626 e. The number of aromatic nitrogens is 2. The van der Waals surface area contributed by atoms with Crippen LogP contribution in [0.15, 0.2) is 67.1 Å². The van der Waals surface area contributed by atoms with Crippen LogP contribution in [-0.4, -0.2) is 16.7 Å². The van der Waals surface area contributed by atoms with Crippen molar-refractivity contribution in [3.8, 4) is 0 Å². The molecule has 1 aromatic carbocycles. The van der Waals surface area contributed by atoms with E-state index in [1.54, 1.807) is 12.4 Å². The third-order valence-electron chi connectivity index (χ3n) is 3.74. The molecule has 0 bridgehead atoms. The Kier molecular flexibility index (Phi) is 4.05. The lowest BCUT2D eigenvalue weighted by atomic mass is 10.1. The van der Waals surface area contributed by atoms with Crippen molar-refractivity contribution >= 4 is 17.8 Å². The molecule has 22 heavy (non-hydrogen) atoms. The Hall–Kier alpha value is -2.81. The molecule has 0 atom stereocenters. The number of nitrogens with zero attached hydrogens (tertiary/aromatic N) is 3. The lowest BCUT2D eigenvalue weighted by Crippen LogP contribution is -2.24. The Morgan fingerprint density at radius 2 is 1.73 bits per heavy atom. The van der Waals surface area contributed by atoms with Gasteiger partial charge in [-0.05, 0) is 48.4 Å². The van der Waals surface area contributed by atoms with Gasteiger partial charge in [0.05, 0.1) is 11.4 Å². The van der Waals surface area contributed by atoms with E-state index >= 15 is 0 Å². The molecule has 0 N–H and O–H groups in total. The second-order valence-corrected chi connectivity index (χ2v) is 5.20. The zero-order valence-corrected chi connectivity index (χ0v) is 12.8. The van der Waals surface area contributed by atoms with E-state index in [2.05, 4.69) is 76.3 Å². The van der Waals surface area contributed by atoms with E-state index < -0.39 is 0 Å². The summed E-state index contributed by atoms with van der Waals surface area (Å²) in [4.78, 5) is 4.07. The minimum absolute atomic E-state index is 1.09. The third-order valence-corrected chi connectivity index (χ3v) is 3.74. The normalized spacial score (nSPS) is 11.0. The van der Waals surface area contributed by atoms with Gasteiger partial charge in [0, 0.05) is 25.6 Å². The fourth-order valence-corrected chi connectivity index (χ4v) is 2.42. The highest BCUT2D eigenvalue weighted by molar-refractivity contribution is 5.70. The van der Waals surface area contributed by atoms with Crippen molar-refractivity contribution in [1.29, 1.82) is 0 Å². The van der Waals surface area contributed by atoms with E-state index in [1.807, 2.05) is 19.2 Å². The topological polar surface area (TPSA) is 21.1 Å². The molecular formula is C19H19N3. The number of hydrogen-bond donors (Lipinski definition) is 0. The molecule has 0 unspecified atom stereocenters. The van der Waals surface area contributed by atoms with E-state index in [4.69, 9.17) is 0 Å². The first-order valence-corrected chi connectivity index (χ1v) is 7.31. The van der Waals surface area contributed by atoms with E-state index in [-0.39, 0.29) is 0 Å². The summed E-state index contributed by atoms with van der Waals surface area (Å²) in [7, 11) is 2.04. The number of pyridine rings is 1. The Labute approximate surface area is 131 Å². The minimum Gasteiger partial charge on any atom is -0.284 e. The molecule has 0 aliphatic rings. The van der Waals surface area contributed by atoms with E-state index in [1.165, 1.54) is 11.1 Å². The SMILES string of the molecule is Cc1ccccc1/C=C/c1cccn1N(C)c1ccncc1. The number of rotatable bonds is 4. The van der Waals surface area contributed by atoms with Gasteiger partial charge in [-0.3, -0.25) is 14.7 Å². The van der Waals surface area contributed by atoms with Gasteiger partial charge in [0.15, 0.2) is 0 Å². The average molecular weight is 289 g/mol. The van der Waals surface area contributed by atoms with Gasteiger partial charge in [0.2, 0.25) is 0 Å². The summed E-state index contributed by atoms with van der Waals surface area (Å²) in [5.41, 5.74) is 4.74. The van der Waals surface area contributed by atoms with Crippen LogP contribution in [0.5, 0.6) is 0 Å². The van der Waals surface area contributed by atoms with Crippen LogP contribution in [0.2, 0.25) is 0 Å². The third kappa shape index (κ3) is 2.93. The van der Waals surface area contributed by atoms with Crippen LogP contribution in [0.1, 0.15) is 16.8 Å². The monoisotopic (exact) mass is 289 g/mol. The first-order chi connectivity index (χ1) is 10.8. The van der Waals surface area contributed by atoms with Gasteiger partial charge in [-0.25, -0.2) is 0 Å². The lowest BCUT2D eigenvalue weighted by molar-refractivity contribution is 0.772. The van der Waals surface area contributed by atoms with Gasteiger partial charge in [-0.1, -0.05) is 30.3 Å². The van der Waals surface area contributed by atoms with Crippen molar-refractivity contribution in [2.24, 2.45) is 0 Å². The van der Waals surface area contributed by atoms with Gasteiger partial charge < -0.3 is 0 Å². The quantitative estimate of drug-likeness (QED) is 0.715. The molecule has 0 aliphatic carbocycles. The number of hydrogen-bond acceptors (Lipinski definition) is 2. The van der Waals surface area contributed by atoms with Gasteiger partial charge in [0.25, 0.3) is 0 Å². The predicted molar refractivity (Wildman–Crippen MR) is 92.6 cm³/mol. The molecule has 0 spiro atoms. The molecule has 2 heterocycles.